The van der Waals surface area contributed by atoms with E-state index in [0.29, 0.717) is 5.95 Å². The Hall–Kier alpha value is -2.67. The Bertz CT molecular complexity index is 878. The van der Waals surface area contributed by atoms with Gasteiger partial charge in [-0.05, 0) is 32.0 Å². The van der Waals surface area contributed by atoms with Crippen LogP contribution in [0.15, 0.2) is 30.5 Å². The van der Waals surface area contributed by atoms with E-state index in [0.717, 1.165) is 38.5 Å². The molecular weight excluding hydrogens is 312 g/mol. The van der Waals surface area contributed by atoms with Gasteiger partial charge in [-0.2, -0.15) is 0 Å². The monoisotopic (exact) mass is 326 g/mol. The lowest BCUT2D eigenvalue weighted by Gasteiger charge is -2.07. The summed E-state index contributed by atoms with van der Waals surface area (Å²) in [5.74, 6) is 2.01. The molecule has 1 aliphatic rings. The van der Waals surface area contributed by atoms with E-state index < -0.39 is 0 Å². The predicted molar refractivity (Wildman–Crippen MR) is 88.5 cm³/mol. The van der Waals surface area contributed by atoms with Crippen LogP contribution in [0, 0.1) is 13.8 Å². The zero-order chi connectivity index (χ0) is 15.8. The number of thiazole rings is 1. The number of aryl methyl sites for hydroxylation is 2. The number of anilines is 2. The Kier molecular flexibility index (Phi) is 3.34. The van der Waals surface area contributed by atoms with E-state index in [2.05, 4.69) is 20.3 Å². The van der Waals surface area contributed by atoms with E-state index in [1.165, 1.54) is 0 Å². The molecule has 0 bridgehead atoms. The van der Waals surface area contributed by atoms with E-state index in [1.54, 1.807) is 17.5 Å². The zero-order valence-corrected chi connectivity index (χ0v) is 13.5. The van der Waals surface area contributed by atoms with Crippen molar-refractivity contribution in [3.8, 4) is 22.1 Å². The molecule has 0 aliphatic carbocycles. The van der Waals surface area contributed by atoms with Crippen LogP contribution < -0.4 is 14.8 Å². The molecule has 0 saturated carbocycles. The van der Waals surface area contributed by atoms with Crippen LogP contribution >= 0.6 is 11.3 Å². The van der Waals surface area contributed by atoms with Crippen molar-refractivity contribution < 1.29 is 9.47 Å². The van der Waals surface area contributed by atoms with Crippen molar-refractivity contribution in [2.24, 2.45) is 0 Å². The first-order valence-corrected chi connectivity index (χ1v) is 7.95. The molecule has 3 aromatic rings. The lowest BCUT2D eigenvalue weighted by molar-refractivity contribution is 0.174. The van der Waals surface area contributed by atoms with Crippen LogP contribution in [-0.4, -0.2) is 21.7 Å². The van der Waals surface area contributed by atoms with E-state index in [-0.39, 0.29) is 6.79 Å². The van der Waals surface area contributed by atoms with Crippen molar-refractivity contribution in [3.05, 3.63) is 41.2 Å². The second-order valence-electron chi connectivity index (χ2n) is 5.11. The average molecular weight is 326 g/mol. The molecule has 1 aliphatic heterocycles. The van der Waals surface area contributed by atoms with Crippen molar-refractivity contribution >= 4 is 23.0 Å². The second kappa shape index (κ2) is 5.51. The fraction of sp³-hybridized carbons (Fsp3) is 0.188. The van der Waals surface area contributed by atoms with Crippen LogP contribution in [0.1, 0.15) is 10.7 Å². The Balaban J connectivity index is 1.63. The lowest BCUT2D eigenvalue weighted by Crippen LogP contribution is -1.97. The van der Waals surface area contributed by atoms with Crippen LogP contribution in [-0.2, 0) is 0 Å². The van der Waals surface area contributed by atoms with Gasteiger partial charge in [0.2, 0.25) is 12.7 Å². The molecule has 0 unspecified atom stereocenters. The number of aromatic nitrogens is 3. The summed E-state index contributed by atoms with van der Waals surface area (Å²) in [6.07, 6.45) is 1.74. The molecule has 23 heavy (non-hydrogen) atoms. The van der Waals surface area contributed by atoms with E-state index >= 15 is 0 Å². The lowest BCUT2D eigenvalue weighted by atomic mass is 10.3. The minimum atomic E-state index is 0.259. The fourth-order valence-corrected chi connectivity index (χ4v) is 3.31. The summed E-state index contributed by atoms with van der Waals surface area (Å²) >= 11 is 1.63. The first kappa shape index (κ1) is 14.0. The molecule has 6 nitrogen and oxygen atoms in total. The molecule has 1 aromatic carbocycles. The van der Waals surface area contributed by atoms with Crippen molar-refractivity contribution in [3.63, 3.8) is 0 Å². The Morgan fingerprint density at radius 3 is 2.78 bits per heavy atom. The highest BCUT2D eigenvalue weighted by atomic mass is 32.1. The standard InChI is InChI=1S/C16H14N4O2S/c1-9-15(23-10(2)18-9)12-5-6-17-16(20-12)19-11-3-4-13-14(7-11)22-8-21-13/h3-7H,8H2,1-2H3,(H,17,19,20). The van der Waals surface area contributed by atoms with Gasteiger partial charge in [0.15, 0.2) is 11.5 Å². The maximum absolute atomic E-state index is 5.38. The smallest absolute Gasteiger partial charge is 0.231 e. The molecule has 0 fully saturated rings. The summed E-state index contributed by atoms with van der Waals surface area (Å²) in [5.41, 5.74) is 2.70. The molecule has 0 atom stereocenters. The van der Waals surface area contributed by atoms with E-state index in [9.17, 15) is 0 Å². The summed E-state index contributed by atoms with van der Waals surface area (Å²) in [6.45, 7) is 4.24. The molecule has 116 valence electrons. The topological polar surface area (TPSA) is 69.2 Å². The van der Waals surface area contributed by atoms with Gasteiger partial charge < -0.3 is 14.8 Å². The maximum atomic E-state index is 5.38. The summed E-state index contributed by atoms with van der Waals surface area (Å²) in [6, 6.07) is 7.54. The van der Waals surface area contributed by atoms with Gasteiger partial charge in [0, 0.05) is 18.0 Å². The van der Waals surface area contributed by atoms with Crippen LogP contribution in [0.25, 0.3) is 10.6 Å². The third kappa shape index (κ3) is 2.70. The number of fused-ring (bicyclic) bond motifs is 1. The zero-order valence-electron chi connectivity index (χ0n) is 12.7. The summed E-state index contributed by atoms with van der Waals surface area (Å²) in [5, 5.41) is 4.23. The van der Waals surface area contributed by atoms with Crippen LogP contribution in [0.4, 0.5) is 11.6 Å². The highest BCUT2D eigenvalue weighted by molar-refractivity contribution is 7.15. The van der Waals surface area contributed by atoms with Gasteiger partial charge in [0.05, 0.1) is 21.3 Å². The first-order valence-electron chi connectivity index (χ1n) is 7.13. The Morgan fingerprint density at radius 1 is 1.09 bits per heavy atom. The number of hydrogen-bond acceptors (Lipinski definition) is 7. The van der Waals surface area contributed by atoms with Gasteiger partial charge in [0.25, 0.3) is 0 Å². The van der Waals surface area contributed by atoms with Crippen molar-refractivity contribution in [1.29, 1.82) is 0 Å². The van der Waals surface area contributed by atoms with E-state index in [1.807, 2.05) is 38.1 Å². The largest absolute Gasteiger partial charge is 0.454 e. The molecule has 1 N–H and O–H groups in total. The molecule has 7 heteroatoms. The highest BCUT2D eigenvalue weighted by Crippen LogP contribution is 2.35. The van der Waals surface area contributed by atoms with Gasteiger partial charge in [-0.15, -0.1) is 11.3 Å². The molecule has 3 heterocycles. The minimum Gasteiger partial charge on any atom is -0.454 e. The van der Waals surface area contributed by atoms with Gasteiger partial charge in [0.1, 0.15) is 0 Å². The summed E-state index contributed by atoms with van der Waals surface area (Å²) in [7, 11) is 0. The number of rotatable bonds is 3. The van der Waals surface area contributed by atoms with Crippen LogP contribution in [0.2, 0.25) is 0 Å². The van der Waals surface area contributed by atoms with Crippen molar-refractivity contribution in [2.45, 2.75) is 13.8 Å². The average Bonchev–Trinajstić information content (AvgIpc) is 3.13. The third-order valence-corrected chi connectivity index (χ3v) is 4.52. The number of nitrogens with one attached hydrogen (secondary N) is 1. The van der Waals surface area contributed by atoms with Gasteiger partial charge in [-0.1, -0.05) is 0 Å². The SMILES string of the molecule is Cc1nc(C)c(-c2ccnc(Nc3ccc4c(c3)OCO4)n2)s1. The van der Waals surface area contributed by atoms with Crippen molar-refractivity contribution in [2.75, 3.05) is 12.1 Å². The van der Waals surface area contributed by atoms with Crippen LogP contribution in [0.3, 0.4) is 0 Å². The fourth-order valence-electron chi connectivity index (χ4n) is 2.42. The highest BCUT2D eigenvalue weighted by Gasteiger charge is 2.14. The Labute approximate surface area is 137 Å². The number of ether oxygens (including phenoxy) is 2. The molecule has 0 saturated heterocycles. The molecule has 4 rings (SSSR count). The number of nitrogens with zero attached hydrogens (tertiary/aromatic N) is 3. The minimum absolute atomic E-state index is 0.259. The Morgan fingerprint density at radius 2 is 1.96 bits per heavy atom. The third-order valence-electron chi connectivity index (χ3n) is 3.42. The van der Waals surface area contributed by atoms with Gasteiger partial charge in [-0.3, -0.25) is 0 Å². The number of benzene rings is 1. The molecule has 0 radical (unpaired) electrons. The molecule has 2 aromatic heterocycles. The number of hydrogen-bond donors (Lipinski definition) is 1. The van der Waals surface area contributed by atoms with Gasteiger partial charge in [-0.25, -0.2) is 15.0 Å². The maximum Gasteiger partial charge on any atom is 0.231 e. The normalized spacial score (nSPS) is 12.4. The van der Waals surface area contributed by atoms with Crippen molar-refractivity contribution in [1.82, 2.24) is 15.0 Å². The van der Waals surface area contributed by atoms with Crippen LogP contribution in [0.5, 0.6) is 11.5 Å². The molecule has 0 amide bonds. The molecule has 0 spiro atoms. The first-order chi connectivity index (χ1) is 11.2. The molecular formula is C16H14N4O2S. The predicted octanol–water partition coefficient (Wildman–Crippen LogP) is 3.69. The second-order valence-corrected chi connectivity index (χ2v) is 6.31. The summed E-state index contributed by atoms with van der Waals surface area (Å²) in [4.78, 5) is 14.4. The quantitative estimate of drug-likeness (QED) is 0.791. The van der Waals surface area contributed by atoms with E-state index in [4.69, 9.17) is 9.47 Å². The summed E-state index contributed by atoms with van der Waals surface area (Å²) < 4.78 is 10.7. The van der Waals surface area contributed by atoms with Gasteiger partial charge >= 0.3 is 0 Å².